The minimum atomic E-state index is -0.501. The summed E-state index contributed by atoms with van der Waals surface area (Å²) in [5.41, 5.74) is 15.1. The molecule has 3 aromatic carbocycles. The Balaban J connectivity index is 1.61. The molecule has 0 spiro atoms. The Morgan fingerprint density at radius 1 is 1.05 bits per heavy atom. The Kier molecular flexibility index (Phi) is 7.63. The fourth-order valence-corrected chi connectivity index (χ4v) is 6.61. The number of rotatable bonds is 6. The third kappa shape index (κ3) is 5.12. The largest absolute Gasteiger partial charge is 0.384 e. The minimum Gasteiger partial charge on any atom is -0.384 e. The van der Waals surface area contributed by atoms with Crippen LogP contribution in [0.25, 0.3) is 0 Å². The van der Waals surface area contributed by atoms with Crippen molar-refractivity contribution in [3.05, 3.63) is 117 Å². The smallest absolute Gasteiger partial charge is 0.161 e. The molecule has 1 atom stereocenters. The molecule has 6 heteroatoms. The quantitative estimate of drug-likeness (QED) is 0.328. The van der Waals surface area contributed by atoms with Crippen molar-refractivity contribution in [1.82, 2.24) is 0 Å². The maximum Gasteiger partial charge on any atom is 0.161 e. The zero-order valence-electron chi connectivity index (χ0n) is 22.6. The highest BCUT2D eigenvalue weighted by Gasteiger charge is 2.41. The van der Waals surface area contributed by atoms with Gasteiger partial charge in [0, 0.05) is 34.0 Å². The van der Waals surface area contributed by atoms with Gasteiger partial charge in [0.25, 0.3) is 0 Å². The van der Waals surface area contributed by atoms with E-state index in [-0.39, 0.29) is 11.6 Å². The molecule has 0 aromatic heterocycles. The van der Waals surface area contributed by atoms with Gasteiger partial charge in [-0.3, -0.25) is 9.69 Å². The van der Waals surface area contributed by atoms with Gasteiger partial charge in [0.1, 0.15) is 11.6 Å². The highest BCUT2D eigenvalue weighted by atomic mass is 32.2. The first-order valence-corrected chi connectivity index (χ1v) is 14.3. The van der Waals surface area contributed by atoms with Crippen molar-refractivity contribution in [3.8, 4) is 6.07 Å². The van der Waals surface area contributed by atoms with Gasteiger partial charge in [-0.25, -0.2) is 4.39 Å². The van der Waals surface area contributed by atoms with Crippen LogP contribution < -0.4 is 10.6 Å². The summed E-state index contributed by atoms with van der Waals surface area (Å²) >= 11 is 1.63. The second-order valence-electron chi connectivity index (χ2n) is 10.2. The van der Waals surface area contributed by atoms with Crippen LogP contribution in [0.1, 0.15) is 59.9 Å². The third-order valence-electron chi connectivity index (χ3n) is 7.76. The van der Waals surface area contributed by atoms with Crippen LogP contribution in [-0.4, -0.2) is 5.78 Å². The highest BCUT2D eigenvalue weighted by molar-refractivity contribution is 7.98. The van der Waals surface area contributed by atoms with E-state index in [9.17, 15) is 14.4 Å². The number of nitriles is 1. The minimum absolute atomic E-state index is 0.0823. The maximum absolute atomic E-state index is 13.6. The SMILES string of the molecule is CCc1ccc(N2C(N)=C(C#N)C(c3cc(CSc4ccc(F)cc4)c(C)cc3C)C3=C2CCCC3=O)cc1. The summed E-state index contributed by atoms with van der Waals surface area (Å²) in [7, 11) is 0. The zero-order chi connectivity index (χ0) is 27.7. The Bertz CT molecular complexity index is 1530. The van der Waals surface area contributed by atoms with Gasteiger partial charge in [0.2, 0.25) is 0 Å². The fourth-order valence-electron chi connectivity index (χ4n) is 5.65. The molecule has 39 heavy (non-hydrogen) atoms. The van der Waals surface area contributed by atoms with Crippen LogP contribution in [-0.2, 0) is 17.0 Å². The van der Waals surface area contributed by atoms with E-state index in [4.69, 9.17) is 5.73 Å². The van der Waals surface area contributed by atoms with Crippen molar-refractivity contribution in [2.24, 2.45) is 5.73 Å². The van der Waals surface area contributed by atoms with Crippen LogP contribution in [0, 0.1) is 31.0 Å². The van der Waals surface area contributed by atoms with Crippen LogP contribution in [0.15, 0.2) is 88.2 Å². The summed E-state index contributed by atoms with van der Waals surface area (Å²) < 4.78 is 13.4. The number of carbonyl (C=O) groups excluding carboxylic acids is 1. The van der Waals surface area contributed by atoms with Crippen molar-refractivity contribution >= 4 is 23.2 Å². The van der Waals surface area contributed by atoms with Gasteiger partial charge in [-0.2, -0.15) is 5.26 Å². The number of halogens is 1. The number of Topliss-reactive ketones (excluding diaryl/α,β-unsaturated/α-hetero) is 1. The zero-order valence-corrected chi connectivity index (χ0v) is 23.4. The number of hydrogen-bond acceptors (Lipinski definition) is 5. The van der Waals surface area contributed by atoms with Gasteiger partial charge in [-0.05, 0) is 97.3 Å². The van der Waals surface area contributed by atoms with Gasteiger partial charge in [-0.1, -0.05) is 31.2 Å². The molecule has 2 N–H and O–H groups in total. The van der Waals surface area contributed by atoms with Gasteiger partial charge >= 0.3 is 0 Å². The number of hydrogen-bond donors (Lipinski definition) is 1. The summed E-state index contributed by atoms with van der Waals surface area (Å²) in [6.45, 7) is 6.22. The molecule has 1 aliphatic carbocycles. The summed E-state index contributed by atoms with van der Waals surface area (Å²) in [5, 5.41) is 10.4. The molecule has 3 aromatic rings. The topological polar surface area (TPSA) is 70.1 Å². The second-order valence-corrected chi connectivity index (χ2v) is 11.3. The monoisotopic (exact) mass is 537 g/mol. The third-order valence-corrected chi connectivity index (χ3v) is 8.82. The molecule has 4 nitrogen and oxygen atoms in total. The molecular formula is C33H32FN3OS. The molecule has 0 amide bonds. The second kappa shape index (κ2) is 11.1. The molecule has 1 aliphatic heterocycles. The van der Waals surface area contributed by atoms with Crippen LogP contribution in [0.4, 0.5) is 10.1 Å². The normalized spacial score (nSPS) is 17.4. The van der Waals surface area contributed by atoms with Gasteiger partial charge in [-0.15, -0.1) is 11.8 Å². The standard InChI is InChI=1S/C33H32FN3OS/c1-4-22-8-12-25(13-9-22)37-29-6-5-7-30(38)32(29)31(28(18-35)33(37)36)27-17-23(20(2)16-21(27)3)19-39-26-14-10-24(34)11-15-26/h8-17,31H,4-7,19,36H2,1-3H3. The van der Waals surface area contributed by atoms with E-state index in [1.165, 1.54) is 17.7 Å². The molecule has 1 unspecified atom stereocenters. The number of anilines is 1. The number of nitrogens with zero attached hydrogens (tertiary/aromatic N) is 2. The first kappa shape index (κ1) is 26.8. The number of nitrogens with two attached hydrogens (primary N) is 1. The van der Waals surface area contributed by atoms with Crippen LogP contribution >= 0.6 is 11.8 Å². The lowest BCUT2D eigenvalue weighted by molar-refractivity contribution is -0.116. The van der Waals surface area contributed by atoms with Crippen molar-refractivity contribution in [2.75, 3.05) is 4.90 Å². The number of aryl methyl sites for hydroxylation is 3. The van der Waals surface area contributed by atoms with E-state index in [0.29, 0.717) is 29.1 Å². The number of carbonyl (C=O) groups is 1. The predicted octanol–water partition coefficient (Wildman–Crippen LogP) is 7.60. The van der Waals surface area contributed by atoms with Crippen molar-refractivity contribution in [2.45, 2.75) is 63.0 Å². The van der Waals surface area contributed by atoms with E-state index in [0.717, 1.165) is 57.8 Å². The number of allylic oxidation sites excluding steroid dienone is 3. The molecule has 198 valence electrons. The highest BCUT2D eigenvalue weighted by Crippen LogP contribution is 2.47. The lowest BCUT2D eigenvalue weighted by Crippen LogP contribution is -2.38. The lowest BCUT2D eigenvalue weighted by Gasteiger charge is -2.40. The van der Waals surface area contributed by atoms with Crippen LogP contribution in [0.5, 0.6) is 0 Å². The molecule has 0 saturated heterocycles. The van der Waals surface area contributed by atoms with Crippen molar-refractivity contribution in [1.29, 1.82) is 5.26 Å². The molecule has 0 bridgehead atoms. The summed E-state index contributed by atoms with van der Waals surface area (Å²) in [6.07, 6.45) is 2.88. The number of benzene rings is 3. The summed E-state index contributed by atoms with van der Waals surface area (Å²) in [5.74, 6) is 0.407. The summed E-state index contributed by atoms with van der Waals surface area (Å²) in [6, 6.07) is 21.3. The van der Waals surface area contributed by atoms with Gasteiger partial charge in [0.15, 0.2) is 5.78 Å². The fraction of sp³-hybridized carbons (Fsp3) is 0.273. The Morgan fingerprint density at radius 2 is 1.77 bits per heavy atom. The summed E-state index contributed by atoms with van der Waals surface area (Å²) in [4.78, 5) is 16.5. The van der Waals surface area contributed by atoms with E-state index in [2.05, 4.69) is 44.2 Å². The molecular weight excluding hydrogens is 505 g/mol. The molecule has 0 fully saturated rings. The molecule has 2 aliphatic rings. The van der Waals surface area contributed by atoms with E-state index < -0.39 is 5.92 Å². The molecule has 0 radical (unpaired) electrons. The predicted molar refractivity (Wildman–Crippen MR) is 156 cm³/mol. The lowest BCUT2D eigenvalue weighted by atomic mass is 9.74. The molecule has 5 rings (SSSR count). The Labute approximate surface area is 234 Å². The number of thioether (sulfide) groups is 1. The maximum atomic E-state index is 13.6. The van der Waals surface area contributed by atoms with E-state index >= 15 is 0 Å². The average Bonchev–Trinajstić information content (AvgIpc) is 2.93. The molecule has 1 heterocycles. The van der Waals surface area contributed by atoms with Crippen molar-refractivity contribution in [3.63, 3.8) is 0 Å². The first-order chi connectivity index (χ1) is 18.8. The Morgan fingerprint density at radius 3 is 2.44 bits per heavy atom. The van der Waals surface area contributed by atoms with Gasteiger partial charge < -0.3 is 5.73 Å². The van der Waals surface area contributed by atoms with Gasteiger partial charge in [0.05, 0.1) is 17.6 Å². The van der Waals surface area contributed by atoms with Crippen LogP contribution in [0.3, 0.4) is 0 Å². The first-order valence-electron chi connectivity index (χ1n) is 13.4. The van der Waals surface area contributed by atoms with Crippen molar-refractivity contribution < 1.29 is 9.18 Å². The Hall–Kier alpha value is -3.82. The number of ketones is 1. The average molecular weight is 538 g/mol. The van der Waals surface area contributed by atoms with Crippen LogP contribution in [0.2, 0.25) is 0 Å². The van der Waals surface area contributed by atoms with E-state index in [1.807, 2.05) is 24.0 Å². The van der Waals surface area contributed by atoms with E-state index in [1.54, 1.807) is 23.9 Å². The molecule has 0 saturated carbocycles.